The number of anilines is 2. The minimum Gasteiger partial charge on any atom is -0.346 e. The molecule has 9 heteroatoms. The summed E-state index contributed by atoms with van der Waals surface area (Å²) in [6.45, 7) is 6.45. The van der Waals surface area contributed by atoms with Gasteiger partial charge in [0.2, 0.25) is 5.95 Å². The normalized spacial score (nSPS) is 16.9. The molecule has 2 aromatic heterocycles. The number of alkyl halides is 3. The summed E-state index contributed by atoms with van der Waals surface area (Å²) in [5.74, 6) is 1.65. The third-order valence-electron chi connectivity index (χ3n) is 5.00. The summed E-state index contributed by atoms with van der Waals surface area (Å²) in [6.07, 6.45) is -0.0645. The van der Waals surface area contributed by atoms with Crippen molar-refractivity contribution in [1.82, 2.24) is 19.9 Å². The monoisotopic (exact) mass is 392 g/mol. The fourth-order valence-electron chi connectivity index (χ4n) is 3.61. The van der Waals surface area contributed by atoms with Crippen LogP contribution in [0, 0.1) is 5.92 Å². The fourth-order valence-corrected chi connectivity index (χ4v) is 3.61. The minimum atomic E-state index is -4.51. The Morgan fingerprint density at radius 1 is 1.04 bits per heavy atom. The van der Waals surface area contributed by atoms with Crippen molar-refractivity contribution in [1.29, 1.82) is 0 Å². The van der Waals surface area contributed by atoms with Gasteiger partial charge >= 0.3 is 6.18 Å². The summed E-state index contributed by atoms with van der Waals surface area (Å²) >= 11 is 0. The number of aromatic nitrogens is 4. The second-order valence-electron chi connectivity index (χ2n) is 7.82. The van der Waals surface area contributed by atoms with E-state index in [0.717, 1.165) is 42.4 Å². The Morgan fingerprint density at radius 3 is 2.46 bits per heavy atom. The molecule has 0 N–H and O–H groups in total. The molecule has 0 aromatic carbocycles. The molecule has 2 aliphatic heterocycles. The van der Waals surface area contributed by atoms with Gasteiger partial charge in [0.05, 0.1) is 12.2 Å². The average Bonchev–Trinajstić information content (AvgIpc) is 3.29. The van der Waals surface area contributed by atoms with Crippen LogP contribution >= 0.6 is 0 Å². The van der Waals surface area contributed by atoms with E-state index >= 15 is 0 Å². The maximum atomic E-state index is 13.4. The third kappa shape index (κ3) is 3.88. The Hall–Kier alpha value is -2.45. The van der Waals surface area contributed by atoms with Crippen LogP contribution in [0.25, 0.3) is 0 Å². The van der Waals surface area contributed by atoms with Crippen molar-refractivity contribution >= 4 is 11.8 Å². The van der Waals surface area contributed by atoms with E-state index < -0.39 is 11.9 Å². The summed E-state index contributed by atoms with van der Waals surface area (Å²) in [5.41, 5.74) is 0.893. The van der Waals surface area contributed by atoms with Crippen molar-refractivity contribution in [3.8, 4) is 0 Å². The predicted molar refractivity (Wildman–Crippen MR) is 98.9 cm³/mol. The molecular weight excluding hydrogens is 369 g/mol. The number of halogens is 3. The first kappa shape index (κ1) is 18.9. The van der Waals surface area contributed by atoms with E-state index in [0.29, 0.717) is 32.1 Å². The lowest BCUT2D eigenvalue weighted by atomic mass is 10.1. The lowest BCUT2D eigenvalue weighted by Crippen LogP contribution is -2.25. The van der Waals surface area contributed by atoms with Crippen LogP contribution in [0.3, 0.4) is 0 Å². The quantitative estimate of drug-likeness (QED) is 0.792. The Bertz CT molecular complexity index is 861. The van der Waals surface area contributed by atoms with Gasteiger partial charge in [0.1, 0.15) is 11.6 Å². The number of fused-ring (bicyclic) bond motifs is 1. The molecule has 4 rings (SSSR count). The van der Waals surface area contributed by atoms with Gasteiger partial charge in [-0.1, -0.05) is 13.8 Å². The molecular formula is C19H23F3N6. The second kappa shape index (κ2) is 7.18. The topological polar surface area (TPSA) is 58.0 Å². The SMILES string of the molecule is CC(C)Cc1ncc2c(n1)CN(c1cc(C(F)(F)F)nc(N3CCCC3)n1)C2. The van der Waals surface area contributed by atoms with Gasteiger partial charge in [-0.05, 0) is 18.8 Å². The van der Waals surface area contributed by atoms with Gasteiger partial charge in [0.15, 0.2) is 5.69 Å². The molecule has 4 heterocycles. The van der Waals surface area contributed by atoms with Crippen molar-refractivity contribution in [2.75, 3.05) is 22.9 Å². The number of rotatable bonds is 4. The lowest BCUT2D eigenvalue weighted by molar-refractivity contribution is -0.141. The van der Waals surface area contributed by atoms with Crippen LogP contribution in [0.4, 0.5) is 24.9 Å². The predicted octanol–water partition coefficient (Wildman–Crippen LogP) is 3.60. The summed E-state index contributed by atoms with van der Waals surface area (Å²) in [7, 11) is 0. The molecule has 2 aliphatic rings. The second-order valence-corrected chi connectivity index (χ2v) is 7.82. The van der Waals surface area contributed by atoms with E-state index in [1.165, 1.54) is 0 Å². The fraction of sp³-hybridized carbons (Fsp3) is 0.579. The van der Waals surface area contributed by atoms with E-state index in [2.05, 4.69) is 33.8 Å². The van der Waals surface area contributed by atoms with E-state index in [1.54, 1.807) is 6.20 Å². The molecule has 0 atom stereocenters. The molecule has 0 spiro atoms. The Labute approximate surface area is 161 Å². The highest BCUT2D eigenvalue weighted by molar-refractivity contribution is 5.50. The molecule has 0 saturated carbocycles. The maximum absolute atomic E-state index is 13.4. The van der Waals surface area contributed by atoms with Crippen LogP contribution < -0.4 is 9.80 Å². The Morgan fingerprint density at radius 2 is 1.79 bits per heavy atom. The highest BCUT2D eigenvalue weighted by atomic mass is 19.4. The van der Waals surface area contributed by atoms with E-state index in [-0.39, 0.29) is 11.8 Å². The molecule has 0 radical (unpaired) electrons. The molecule has 1 fully saturated rings. The molecule has 6 nitrogen and oxygen atoms in total. The summed E-state index contributed by atoms with van der Waals surface area (Å²) in [5, 5.41) is 0. The zero-order chi connectivity index (χ0) is 19.9. The standard InChI is InChI=1S/C19H23F3N6/c1-12(2)7-16-23-9-13-10-28(11-14(13)24-16)17-8-15(19(20,21)22)25-18(26-17)27-5-3-4-6-27/h8-9,12H,3-7,10-11H2,1-2H3. The first-order chi connectivity index (χ1) is 13.3. The average molecular weight is 392 g/mol. The summed E-state index contributed by atoms with van der Waals surface area (Å²) in [6, 6.07) is 1.04. The van der Waals surface area contributed by atoms with Crippen LogP contribution in [-0.2, 0) is 25.7 Å². The van der Waals surface area contributed by atoms with E-state index in [9.17, 15) is 13.2 Å². The Kier molecular flexibility index (Phi) is 4.84. The highest BCUT2D eigenvalue weighted by Gasteiger charge is 2.36. The molecule has 150 valence electrons. The van der Waals surface area contributed by atoms with Gasteiger partial charge in [-0.25, -0.2) is 15.0 Å². The van der Waals surface area contributed by atoms with Crippen molar-refractivity contribution in [3.63, 3.8) is 0 Å². The molecule has 0 bridgehead atoms. The third-order valence-corrected chi connectivity index (χ3v) is 5.00. The number of nitrogens with zero attached hydrogens (tertiary/aromatic N) is 6. The highest BCUT2D eigenvalue weighted by Crippen LogP contribution is 2.34. The summed E-state index contributed by atoms with van der Waals surface area (Å²) in [4.78, 5) is 20.9. The summed E-state index contributed by atoms with van der Waals surface area (Å²) < 4.78 is 40.2. The lowest BCUT2D eigenvalue weighted by Gasteiger charge is -2.22. The van der Waals surface area contributed by atoms with Crippen LogP contribution in [-0.4, -0.2) is 33.0 Å². The maximum Gasteiger partial charge on any atom is 0.433 e. The van der Waals surface area contributed by atoms with Gasteiger partial charge in [0.25, 0.3) is 0 Å². The van der Waals surface area contributed by atoms with Crippen molar-refractivity contribution in [2.24, 2.45) is 5.92 Å². The molecule has 0 aliphatic carbocycles. The smallest absolute Gasteiger partial charge is 0.346 e. The van der Waals surface area contributed by atoms with Crippen LogP contribution in [0.15, 0.2) is 12.3 Å². The largest absolute Gasteiger partial charge is 0.433 e. The van der Waals surface area contributed by atoms with Gasteiger partial charge in [-0.15, -0.1) is 0 Å². The minimum absolute atomic E-state index is 0.157. The first-order valence-corrected chi connectivity index (χ1v) is 9.59. The number of hydrogen-bond acceptors (Lipinski definition) is 6. The van der Waals surface area contributed by atoms with Crippen LogP contribution in [0.2, 0.25) is 0 Å². The first-order valence-electron chi connectivity index (χ1n) is 9.59. The zero-order valence-corrected chi connectivity index (χ0v) is 16.0. The molecule has 28 heavy (non-hydrogen) atoms. The van der Waals surface area contributed by atoms with Crippen molar-refractivity contribution in [3.05, 3.63) is 35.0 Å². The van der Waals surface area contributed by atoms with Crippen LogP contribution in [0.5, 0.6) is 0 Å². The van der Waals surface area contributed by atoms with Gasteiger partial charge in [-0.3, -0.25) is 0 Å². The number of hydrogen-bond donors (Lipinski definition) is 0. The van der Waals surface area contributed by atoms with Crippen LogP contribution in [0.1, 0.15) is 49.5 Å². The van der Waals surface area contributed by atoms with Crippen molar-refractivity contribution < 1.29 is 13.2 Å². The van der Waals surface area contributed by atoms with Gasteiger partial charge < -0.3 is 9.80 Å². The van der Waals surface area contributed by atoms with Gasteiger partial charge in [-0.2, -0.15) is 18.2 Å². The van der Waals surface area contributed by atoms with Crippen molar-refractivity contribution in [2.45, 2.75) is 52.4 Å². The molecule has 0 unspecified atom stereocenters. The van der Waals surface area contributed by atoms with E-state index in [4.69, 9.17) is 0 Å². The molecule has 1 saturated heterocycles. The molecule has 0 amide bonds. The Balaban J connectivity index is 1.64. The van der Waals surface area contributed by atoms with E-state index in [1.807, 2.05) is 9.80 Å². The van der Waals surface area contributed by atoms with Gasteiger partial charge in [0, 0.05) is 43.9 Å². The molecule has 2 aromatic rings. The zero-order valence-electron chi connectivity index (χ0n) is 16.0.